The summed E-state index contributed by atoms with van der Waals surface area (Å²) < 4.78 is 25.9. The van der Waals surface area contributed by atoms with Gasteiger partial charge in [0.15, 0.2) is 6.39 Å². The molecule has 2 N–H and O–H groups in total. The van der Waals surface area contributed by atoms with Crippen LogP contribution in [0, 0.1) is 17.3 Å². The van der Waals surface area contributed by atoms with E-state index in [9.17, 15) is 14.4 Å². The Labute approximate surface area is 349 Å². The molecule has 4 aliphatic rings. The highest BCUT2D eigenvalue weighted by molar-refractivity contribution is 8.14. The Kier molecular flexibility index (Phi) is 11.7. The Hall–Kier alpha value is -4.57. The lowest BCUT2D eigenvalue weighted by atomic mass is 9.84. The number of nitrogens with one attached hydrogen (secondary N) is 2. The van der Waals surface area contributed by atoms with Crippen molar-refractivity contribution < 1.29 is 33.0 Å². The summed E-state index contributed by atoms with van der Waals surface area (Å²) in [5.74, 6) is -0.959. The van der Waals surface area contributed by atoms with Gasteiger partial charge in [0.1, 0.15) is 29.5 Å². The van der Waals surface area contributed by atoms with Crippen molar-refractivity contribution in [2.24, 2.45) is 22.2 Å². The Morgan fingerprint density at radius 3 is 2.76 bits per heavy atom. The second-order valence-electron chi connectivity index (χ2n) is 16.9. The smallest absolute Gasteiger partial charge is 0.324 e. The Balaban J connectivity index is 1.24. The molecule has 1 saturated carbocycles. The number of hydrogen-bond acceptors (Lipinski definition) is 12. The summed E-state index contributed by atoms with van der Waals surface area (Å²) in [5.41, 5.74) is 9.59. The first kappa shape index (κ1) is 41.2. The minimum atomic E-state index is -1.11. The molecule has 59 heavy (non-hydrogen) atoms. The molecule has 2 amide bonds. The van der Waals surface area contributed by atoms with Crippen molar-refractivity contribution in [2.45, 2.75) is 104 Å². The van der Waals surface area contributed by atoms with Crippen molar-refractivity contribution in [1.29, 1.82) is 0 Å². The molecule has 6 bridgehead atoms. The second kappa shape index (κ2) is 16.8. The molecule has 3 aliphatic heterocycles. The van der Waals surface area contributed by atoms with Gasteiger partial charge in [-0.05, 0) is 81.3 Å². The van der Waals surface area contributed by atoms with E-state index in [4.69, 9.17) is 28.6 Å². The zero-order chi connectivity index (χ0) is 41.6. The van der Waals surface area contributed by atoms with E-state index in [1.54, 1.807) is 31.3 Å². The number of oxazole rings is 1. The number of fused-ring (bicyclic) bond motifs is 5. The van der Waals surface area contributed by atoms with E-state index in [1.807, 2.05) is 26.8 Å². The number of aliphatic imine (C=N–C) groups is 1. The summed E-state index contributed by atoms with van der Waals surface area (Å²) in [6.45, 7) is 13.8. The minimum Gasteiger partial charge on any atom is -0.464 e. The topological polar surface area (TPSA) is 162 Å². The van der Waals surface area contributed by atoms with Gasteiger partial charge in [0.05, 0.1) is 35.8 Å². The molecule has 2 fully saturated rings. The maximum atomic E-state index is 14.7. The van der Waals surface area contributed by atoms with Gasteiger partial charge < -0.3 is 28.5 Å². The molecule has 1 unspecified atom stereocenters. The average Bonchev–Trinajstić information content (AvgIpc) is 3.69. The minimum absolute atomic E-state index is 0.00932. The van der Waals surface area contributed by atoms with Crippen LogP contribution in [-0.4, -0.2) is 93.2 Å². The molecular formula is C44H55N7O7S. The molecule has 1 aliphatic carbocycles. The van der Waals surface area contributed by atoms with Crippen molar-refractivity contribution in [1.82, 2.24) is 30.3 Å². The fraction of sp³-hybridized carbons (Fsp3) is 0.545. The normalized spacial score (nSPS) is 27.5. The number of hydrogen-bond donors (Lipinski definition) is 2. The number of thioether (sulfide) groups is 1. The monoisotopic (exact) mass is 825 g/mol. The molecule has 314 valence electrons. The SMILES string of the molecule is CCO[C@@H]1C2=NC(CS2)c2ccc3c(c2)c(c(-c2cccnc2[C@H](C)OC)n3CC)CC(C)(C)COC(=O)[C@@H]2CCCN(N2)C(=O)[C@H]1NC(=O)[C@H]1[C@H](C)[C@@H]1c1cocn1. The second-order valence-corrected chi connectivity index (χ2v) is 17.9. The van der Waals surface area contributed by atoms with Gasteiger partial charge in [0.2, 0.25) is 5.91 Å². The maximum absolute atomic E-state index is 14.7. The van der Waals surface area contributed by atoms with Crippen molar-refractivity contribution in [3.63, 3.8) is 0 Å². The number of aromatic nitrogens is 3. The molecule has 0 radical (unpaired) electrons. The van der Waals surface area contributed by atoms with Crippen LogP contribution in [0.2, 0.25) is 0 Å². The van der Waals surface area contributed by atoms with Crippen LogP contribution in [0.1, 0.15) is 95.0 Å². The number of nitrogens with zero attached hydrogens (tertiary/aromatic N) is 5. The zero-order valence-electron chi connectivity index (χ0n) is 34.9. The van der Waals surface area contributed by atoms with Gasteiger partial charge in [-0.15, -0.1) is 11.8 Å². The maximum Gasteiger partial charge on any atom is 0.324 e. The first-order chi connectivity index (χ1) is 28.4. The number of benzene rings is 1. The molecule has 6 heterocycles. The Morgan fingerprint density at radius 2 is 2.02 bits per heavy atom. The summed E-state index contributed by atoms with van der Waals surface area (Å²) in [7, 11) is 1.70. The fourth-order valence-electron chi connectivity index (χ4n) is 9.13. The third kappa shape index (κ3) is 7.94. The largest absolute Gasteiger partial charge is 0.464 e. The quantitative estimate of drug-likeness (QED) is 0.186. The van der Waals surface area contributed by atoms with E-state index in [0.29, 0.717) is 42.3 Å². The van der Waals surface area contributed by atoms with Crippen molar-refractivity contribution in [3.05, 3.63) is 71.7 Å². The van der Waals surface area contributed by atoms with Crippen LogP contribution >= 0.6 is 11.8 Å². The predicted octanol–water partition coefficient (Wildman–Crippen LogP) is 6.17. The number of rotatable bonds is 9. The van der Waals surface area contributed by atoms with Crippen LogP contribution in [0.15, 0.2) is 58.6 Å². The van der Waals surface area contributed by atoms with Crippen molar-refractivity contribution >= 4 is 45.5 Å². The summed E-state index contributed by atoms with van der Waals surface area (Å²) in [4.78, 5) is 57.0. The van der Waals surface area contributed by atoms with Crippen LogP contribution in [0.25, 0.3) is 22.2 Å². The average molecular weight is 826 g/mol. The standard InChI is InChI=1S/C44H55N7O7S/c1-8-50-33-15-14-26-18-28(33)29(38(50)27-12-10-16-45-36(27)25(4)55-7)19-44(5,6)22-58-43(54)30-13-11-17-51(49-30)42(53)37(39(57-9-2)41-47-32(26)21-59-41)48-40(52)35-24(3)34(35)31-20-56-23-46-31/h10,12,14-16,18,20,23-25,30,32,34-35,37,39,49H,8-9,11,13,17,19,21-22H2,1-7H3,(H,48,52)/t24-,25+,30+,32?,34-,35+,37+,39+/m1/s1. The number of amides is 2. The van der Waals surface area contributed by atoms with Gasteiger partial charge in [-0.2, -0.15) is 0 Å². The molecule has 15 heteroatoms. The number of methoxy groups -OCH3 is 1. The van der Waals surface area contributed by atoms with Crippen LogP contribution in [-0.2, 0) is 41.6 Å². The Morgan fingerprint density at radius 1 is 1.19 bits per heavy atom. The van der Waals surface area contributed by atoms with Gasteiger partial charge in [-0.1, -0.05) is 26.8 Å². The summed E-state index contributed by atoms with van der Waals surface area (Å²) >= 11 is 1.55. The lowest BCUT2D eigenvalue weighted by Gasteiger charge is -2.37. The lowest BCUT2D eigenvalue weighted by Crippen LogP contribution is -2.63. The third-order valence-corrected chi connectivity index (χ3v) is 13.4. The van der Waals surface area contributed by atoms with Gasteiger partial charge in [-0.3, -0.25) is 29.4 Å². The molecule has 4 aromatic rings. The molecule has 8 atom stereocenters. The van der Waals surface area contributed by atoms with Crippen LogP contribution in [0.3, 0.4) is 0 Å². The highest BCUT2D eigenvalue weighted by Crippen LogP contribution is 2.53. The highest BCUT2D eigenvalue weighted by Gasteiger charge is 2.55. The molecule has 0 spiro atoms. The van der Waals surface area contributed by atoms with E-state index in [2.05, 4.69) is 65.3 Å². The fourth-order valence-corrected chi connectivity index (χ4v) is 10.3. The first-order valence-corrected chi connectivity index (χ1v) is 21.8. The van der Waals surface area contributed by atoms with E-state index in [0.717, 1.165) is 45.5 Å². The number of esters is 1. The molecule has 14 nitrogen and oxygen atoms in total. The molecule has 1 aromatic carbocycles. The summed E-state index contributed by atoms with van der Waals surface area (Å²) in [6, 6.07) is 8.56. The van der Waals surface area contributed by atoms with E-state index in [1.165, 1.54) is 11.4 Å². The summed E-state index contributed by atoms with van der Waals surface area (Å²) in [6.07, 6.45) is 5.31. The summed E-state index contributed by atoms with van der Waals surface area (Å²) in [5, 5.41) is 6.30. The van der Waals surface area contributed by atoms with Crippen molar-refractivity contribution in [3.8, 4) is 11.3 Å². The molecular weight excluding hydrogens is 771 g/mol. The van der Waals surface area contributed by atoms with Gasteiger partial charge in [0, 0.05) is 72.5 Å². The number of aryl methyl sites for hydroxylation is 1. The van der Waals surface area contributed by atoms with Crippen LogP contribution in [0.4, 0.5) is 0 Å². The Bertz CT molecular complexity index is 2240. The number of pyridine rings is 1. The number of carbonyl (C=O) groups excluding carboxylic acids is 3. The molecule has 8 rings (SSSR count). The number of carbonyl (C=O) groups is 3. The first-order valence-electron chi connectivity index (χ1n) is 20.8. The number of hydrazine groups is 1. The van der Waals surface area contributed by atoms with E-state index < -0.39 is 41.4 Å². The third-order valence-electron chi connectivity index (χ3n) is 12.3. The van der Waals surface area contributed by atoms with Gasteiger partial charge in [-0.25, -0.2) is 10.4 Å². The van der Waals surface area contributed by atoms with Gasteiger partial charge in [0.25, 0.3) is 5.91 Å². The lowest BCUT2D eigenvalue weighted by molar-refractivity contribution is -0.156. The number of ether oxygens (including phenoxy) is 3. The van der Waals surface area contributed by atoms with Crippen LogP contribution in [0.5, 0.6) is 0 Å². The highest BCUT2D eigenvalue weighted by atomic mass is 32.2. The van der Waals surface area contributed by atoms with Gasteiger partial charge >= 0.3 is 5.97 Å². The number of cyclic esters (lactones) is 1. The zero-order valence-corrected chi connectivity index (χ0v) is 35.7. The molecule has 3 aromatic heterocycles. The van der Waals surface area contributed by atoms with E-state index >= 15 is 0 Å². The van der Waals surface area contributed by atoms with E-state index in [-0.39, 0.29) is 43.1 Å². The van der Waals surface area contributed by atoms with Crippen LogP contribution < -0.4 is 10.7 Å². The molecule has 1 saturated heterocycles. The predicted molar refractivity (Wildman–Crippen MR) is 224 cm³/mol. The van der Waals surface area contributed by atoms with Crippen molar-refractivity contribution in [2.75, 3.05) is 32.6 Å².